The van der Waals surface area contributed by atoms with Gasteiger partial charge >= 0.3 is 5.97 Å². The largest absolute Gasteiger partial charge is 0.435 e. The topological polar surface area (TPSA) is 26.3 Å². The first-order chi connectivity index (χ1) is 4.68. The van der Waals surface area contributed by atoms with Gasteiger partial charge in [0.25, 0.3) is 0 Å². The van der Waals surface area contributed by atoms with E-state index in [0.29, 0.717) is 0 Å². The maximum atomic E-state index is 9.75. The maximum Gasteiger partial charge on any atom is 0.307 e. The van der Waals surface area contributed by atoms with Crippen molar-refractivity contribution >= 4 is 5.97 Å². The van der Waals surface area contributed by atoms with E-state index in [0.717, 1.165) is 6.26 Å². The Hall–Kier alpha value is -1.49. The minimum absolute atomic E-state index is 0.329. The molecule has 0 aromatic rings. The van der Waals surface area contributed by atoms with Gasteiger partial charge in [-0.3, -0.25) is 4.79 Å². The van der Waals surface area contributed by atoms with Crippen LogP contribution in [0.3, 0.4) is 0 Å². The molecule has 0 fully saturated rings. The van der Waals surface area contributed by atoms with E-state index in [2.05, 4.69) is 35.9 Å². The summed E-state index contributed by atoms with van der Waals surface area (Å²) in [6, 6.07) is 0. The lowest BCUT2D eigenvalue weighted by molar-refractivity contribution is -0.135. The molecule has 0 radical (unpaired) electrons. The maximum absolute atomic E-state index is 9.75. The normalized spacial score (nSPS) is 5.30. The highest BCUT2D eigenvalue weighted by molar-refractivity contribution is 5.66. The van der Waals surface area contributed by atoms with E-state index in [9.17, 15) is 4.79 Å². The van der Waals surface area contributed by atoms with E-state index >= 15 is 0 Å². The zero-order chi connectivity index (χ0) is 8.41. The summed E-state index contributed by atoms with van der Waals surface area (Å²) in [5.41, 5.74) is 4.64. The number of carbonyl (C=O) groups is 1. The Kier molecular flexibility index (Phi) is 11.9. The highest BCUT2D eigenvalue weighted by atomic mass is 16.5. The first-order valence-electron chi connectivity index (χ1n) is 2.51. The Morgan fingerprint density at radius 1 is 1.50 bits per heavy atom. The van der Waals surface area contributed by atoms with Crippen molar-refractivity contribution in [1.29, 1.82) is 0 Å². The summed E-state index contributed by atoms with van der Waals surface area (Å²) in [7, 11) is 0. The van der Waals surface area contributed by atoms with Gasteiger partial charge in [0.1, 0.15) is 0 Å². The van der Waals surface area contributed by atoms with Crippen molar-refractivity contribution in [1.82, 2.24) is 0 Å². The SMILES string of the molecule is C=C=C=C.C=COC(C)=O. The zero-order valence-corrected chi connectivity index (χ0v) is 6.02. The Labute approximate surface area is 60.8 Å². The smallest absolute Gasteiger partial charge is 0.307 e. The lowest BCUT2D eigenvalue weighted by Crippen LogP contribution is -1.87. The second-order valence-electron chi connectivity index (χ2n) is 1.13. The van der Waals surface area contributed by atoms with Gasteiger partial charge in [0.05, 0.1) is 6.26 Å². The zero-order valence-electron chi connectivity index (χ0n) is 6.02. The molecule has 0 unspecified atom stereocenters. The van der Waals surface area contributed by atoms with Crippen molar-refractivity contribution in [3.8, 4) is 0 Å². The monoisotopic (exact) mass is 138 g/mol. The molecule has 0 saturated carbocycles. The third-order valence-electron chi connectivity index (χ3n) is 0.374. The second-order valence-corrected chi connectivity index (χ2v) is 1.13. The van der Waals surface area contributed by atoms with E-state index in [4.69, 9.17) is 0 Å². The highest BCUT2D eigenvalue weighted by Gasteiger charge is 1.79. The van der Waals surface area contributed by atoms with Crippen LogP contribution >= 0.6 is 0 Å². The third-order valence-corrected chi connectivity index (χ3v) is 0.374. The number of rotatable bonds is 1. The van der Waals surface area contributed by atoms with Gasteiger partial charge in [-0.15, -0.1) is 0 Å². The molecule has 0 aliphatic rings. The summed E-state index contributed by atoms with van der Waals surface area (Å²) in [5.74, 6) is -0.329. The first kappa shape index (κ1) is 11.3. The fraction of sp³-hybridized carbons (Fsp3) is 0.125. The molecule has 0 amide bonds. The molecule has 0 bridgehead atoms. The predicted octanol–water partition coefficient (Wildman–Crippen LogP) is 1.81. The summed E-state index contributed by atoms with van der Waals surface area (Å²) in [6.45, 7) is 10.8. The van der Waals surface area contributed by atoms with Crippen LogP contribution in [-0.2, 0) is 9.53 Å². The van der Waals surface area contributed by atoms with E-state index in [-0.39, 0.29) is 5.97 Å². The van der Waals surface area contributed by atoms with Gasteiger partial charge < -0.3 is 4.74 Å². The molecular formula is C8H10O2. The number of ether oxygens (including phenoxy) is 1. The molecule has 0 heterocycles. The van der Waals surface area contributed by atoms with E-state index in [1.807, 2.05) is 0 Å². The summed E-state index contributed by atoms with van der Waals surface area (Å²) >= 11 is 0. The van der Waals surface area contributed by atoms with Crippen molar-refractivity contribution in [2.24, 2.45) is 0 Å². The van der Waals surface area contributed by atoms with Gasteiger partial charge in [-0.05, 0) is 13.2 Å². The van der Waals surface area contributed by atoms with Crippen molar-refractivity contribution in [2.75, 3.05) is 0 Å². The quantitative estimate of drug-likeness (QED) is 0.314. The lowest BCUT2D eigenvalue weighted by atomic mass is 10.8. The minimum Gasteiger partial charge on any atom is -0.435 e. The summed E-state index contributed by atoms with van der Waals surface area (Å²) in [6.07, 6.45) is 1.10. The minimum atomic E-state index is -0.329. The van der Waals surface area contributed by atoms with Crippen LogP contribution in [0.15, 0.2) is 37.5 Å². The fourth-order valence-corrected chi connectivity index (χ4v) is 0.117. The van der Waals surface area contributed by atoms with Crippen LogP contribution in [0.4, 0.5) is 0 Å². The van der Waals surface area contributed by atoms with Crippen LogP contribution in [0, 0.1) is 0 Å². The van der Waals surface area contributed by atoms with Crippen LogP contribution in [0.2, 0.25) is 0 Å². The van der Waals surface area contributed by atoms with E-state index in [1.165, 1.54) is 6.92 Å². The van der Waals surface area contributed by atoms with Crippen molar-refractivity contribution in [3.63, 3.8) is 0 Å². The molecule has 2 nitrogen and oxygen atoms in total. The van der Waals surface area contributed by atoms with Crippen LogP contribution in [0.5, 0.6) is 0 Å². The molecule has 2 heteroatoms. The molecule has 0 N–H and O–H groups in total. The Bertz CT molecular complexity index is 160. The van der Waals surface area contributed by atoms with Crippen LogP contribution < -0.4 is 0 Å². The molecular weight excluding hydrogens is 128 g/mol. The first-order valence-corrected chi connectivity index (χ1v) is 2.51. The molecule has 0 aromatic heterocycles. The highest BCUT2D eigenvalue weighted by Crippen LogP contribution is 1.70. The second kappa shape index (κ2) is 10.5. The number of hydrogen-bond acceptors (Lipinski definition) is 2. The summed E-state index contributed by atoms with van der Waals surface area (Å²) < 4.78 is 4.17. The van der Waals surface area contributed by atoms with Crippen molar-refractivity contribution in [3.05, 3.63) is 37.5 Å². The molecule has 10 heavy (non-hydrogen) atoms. The Balaban J connectivity index is 0. The van der Waals surface area contributed by atoms with Crippen molar-refractivity contribution in [2.45, 2.75) is 6.92 Å². The standard InChI is InChI=1S/C4H6O2.C4H4/c1-3-6-4(2)5;1-3-4-2/h3H,1H2,2H3;1-2H2. The van der Waals surface area contributed by atoms with Gasteiger partial charge in [0.2, 0.25) is 0 Å². The molecule has 0 aliphatic heterocycles. The summed E-state index contributed by atoms with van der Waals surface area (Å²) in [5, 5.41) is 0. The average molecular weight is 138 g/mol. The Morgan fingerprint density at radius 3 is 1.90 bits per heavy atom. The van der Waals surface area contributed by atoms with Crippen LogP contribution in [-0.4, -0.2) is 5.97 Å². The molecule has 0 saturated heterocycles. The van der Waals surface area contributed by atoms with Gasteiger partial charge in [0.15, 0.2) is 0 Å². The molecule has 0 rings (SSSR count). The van der Waals surface area contributed by atoms with Crippen LogP contribution in [0.25, 0.3) is 0 Å². The molecule has 54 valence electrons. The van der Waals surface area contributed by atoms with E-state index < -0.39 is 0 Å². The summed E-state index contributed by atoms with van der Waals surface area (Å²) in [4.78, 5) is 9.75. The number of carbonyl (C=O) groups excluding carboxylic acids is 1. The van der Waals surface area contributed by atoms with Gasteiger partial charge in [0, 0.05) is 6.92 Å². The molecule has 0 spiro atoms. The molecule has 0 atom stereocenters. The van der Waals surface area contributed by atoms with E-state index in [1.54, 1.807) is 0 Å². The number of esters is 1. The van der Waals surface area contributed by atoms with Gasteiger partial charge in [-0.1, -0.05) is 18.0 Å². The Morgan fingerprint density at radius 2 is 1.90 bits per heavy atom. The van der Waals surface area contributed by atoms with Crippen LogP contribution in [0.1, 0.15) is 6.92 Å². The third kappa shape index (κ3) is 31.4. The number of hydrogen-bond donors (Lipinski definition) is 0. The predicted molar refractivity (Wildman–Crippen MR) is 40.2 cm³/mol. The molecule has 0 aromatic carbocycles. The average Bonchev–Trinajstić information content (AvgIpc) is 1.89. The van der Waals surface area contributed by atoms with Gasteiger partial charge in [-0.2, -0.15) is 0 Å². The fourth-order valence-electron chi connectivity index (χ4n) is 0.117. The lowest BCUT2D eigenvalue weighted by Gasteiger charge is -1.83. The molecule has 0 aliphatic carbocycles. The van der Waals surface area contributed by atoms with Gasteiger partial charge in [-0.25, -0.2) is 0 Å². The van der Waals surface area contributed by atoms with Crippen molar-refractivity contribution < 1.29 is 9.53 Å².